The van der Waals surface area contributed by atoms with Crippen LogP contribution < -0.4 is 10.2 Å². The number of nitrogens with zero attached hydrogens (tertiary/aromatic N) is 1. The minimum Gasteiger partial charge on any atom is -0.368 e. The minimum atomic E-state index is 0.0171. The van der Waals surface area contributed by atoms with Crippen LogP contribution in [0, 0.1) is 6.92 Å². The fourth-order valence-electron chi connectivity index (χ4n) is 3.03. The third kappa shape index (κ3) is 2.56. The van der Waals surface area contributed by atoms with Crippen molar-refractivity contribution < 1.29 is 0 Å². The van der Waals surface area contributed by atoms with E-state index < -0.39 is 0 Å². The number of rotatable bonds is 2. The molecule has 20 heavy (non-hydrogen) atoms. The van der Waals surface area contributed by atoms with E-state index in [9.17, 15) is 0 Å². The van der Waals surface area contributed by atoms with E-state index in [-0.39, 0.29) is 5.54 Å². The normalized spacial score (nSPS) is 22.8. The highest BCUT2D eigenvalue weighted by atomic mass is 15.2. The number of benzene rings is 2. The third-order valence-corrected chi connectivity index (χ3v) is 4.18. The molecule has 0 radical (unpaired) electrons. The number of piperazine rings is 1. The lowest BCUT2D eigenvalue weighted by atomic mass is 9.89. The van der Waals surface area contributed by atoms with E-state index in [2.05, 4.69) is 78.7 Å². The van der Waals surface area contributed by atoms with Gasteiger partial charge < -0.3 is 10.2 Å². The molecule has 1 atom stereocenters. The molecule has 1 fully saturated rings. The van der Waals surface area contributed by atoms with Gasteiger partial charge in [-0.05, 0) is 37.1 Å². The largest absolute Gasteiger partial charge is 0.368 e. The number of nitrogens with one attached hydrogen (secondary N) is 1. The van der Waals surface area contributed by atoms with Gasteiger partial charge >= 0.3 is 0 Å². The number of aryl methyl sites for hydroxylation is 1. The summed E-state index contributed by atoms with van der Waals surface area (Å²) in [6.07, 6.45) is 0. The van der Waals surface area contributed by atoms with Crippen molar-refractivity contribution >= 4 is 5.69 Å². The Hall–Kier alpha value is -1.80. The van der Waals surface area contributed by atoms with Crippen LogP contribution in [0.2, 0.25) is 0 Å². The lowest BCUT2D eigenvalue weighted by Crippen LogP contribution is -2.56. The summed E-state index contributed by atoms with van der Waals surface area (Å²) in [6, 6.07) is 19.5. The molecule has 104 valence electrons. The fraction of sp³-hybridized carbons (Fsp3) is 0.333. The molecule has 1 N–H and O–H groups in total. The van der Waals surface area contributed by atoms with Crippen molar-refractivity contribution in [3.8, 4) is 0 Å². The van der Waals surface area contributed by atoms with Crippen molar-refractivity contribution in [3.05, 3.63) is 65.7 Å². The van der Waals surface area contributed by atoms with Crippen LogP contribution in [0.5, 0.6) is 0 Å². The summed E-state index contributed by atoms with van der Waals surface area (Å²) in [5.41, 5.74) is 4.02. The summed E-state index contributed by atoms with van der Waals surface area (Å²) in [5.74, 6) is 0. The maximum atomic E-state index is 3.68. The molecule has 1 aliphatic rings. The third-order valence-electron chi connectivity index (χ3n) is 4.18. The SMILES string of the molecule is Cc1cccc(N2CCNC(C)(c3ccccc3)C2)c1. The van der Waals surface area contributed by atoms with Crippen LogP contribution >= 0.6 is 0 Å². The van der Waals surface area contributed by atoms with Gasteiger partial charge in [-0.1, -0.05) is 42.5 Å². The van der Waals surface area contributed by atoms with Crippen LogP contribution in [0.15, 0.2) is 54.6 Å². The van der Waals surface area contributed by atoms with E-state index in [1.165, 1.54) is 16.8 Å². The van der Waals surface area contributed by atoms with Gasteiger partial charge in [0.15, 0.2) is 0 Å². The lowest BCUT2D eigenvalue weighted by Gasteiger charge is -2.43. The molecule has 0 amide bonds. The van der Waals surface area contributed by atoms with Crippen molar-refractivity contribution in [2.45, 2.75) is 19.4 Å². The van der Waals surface area contributed by atoms with Crippen molar-refractivity contribution in [2.24, 2.45) is 0 Å². The molecule has 2 aromatic rings. The smallest absolute Gasteiger partial charge is 0.0584 e. The van der Waals surface area contributed by atoms with Gasteiger partial charge in [0.1, 0.15) is 0 Å². The van der Waals surface area contributed by atoms with E-state index in [1.54, 1.807) is 0 Å². The first kappa shape index (κ1) is 13.2. The first-order chi connectivity index (χ1) is 9.67. The Kier molecular flexibility index (Phi) is 3.49. The quantitative estimate of drug-likeness (QED) is 0.897. The molecule has 1 aliphatic heterocycles. The summed E-state index contributed by atoms with van der Waals surface area (Å²) in [5, 5.41) is 3.68. The highest BCUT2D eigenvalue weighted by Gasteiger charge is 2.32. The predicted molar refractivity (Wildman–Crippen MR) is 85.2 cm³/mol. The monoisotopic (exact) mass is 266 g/mol. The molecule has 0 saturated carbocycles. The van der Waals surface area contributed by atoms with E-state index in [4.69, 9.17) is 0 Å². The van der Waals surface area contributed by atoms with Gasteiger partial charge in [-0.3, -0.25) is 0 Å². The highest BCUT2D eigenvalue weighted by Crippen LogP contribution is 2.27. The van der Waals surface area contributed by atoms with Crippen LogP contribution in [0.25, 0.3) is 0 Å². The summed E-state index contributed by atoms with van der Waals surface area (Å²) in [7, 11) is 0. The van der Waals surface area contributed by atoms with E-state index in [0.717, 1.165) is 19.6 Å². The van der Waals surface area contributed by atoms with Crippen molar-refractivity contribution in [3.63, 3.8) is 0 Å². The number of hydrogen-bond donors (Lipinski definition) is 1. The minimum absolute atomic E-state index is 0.0171. The maximum Gasteiger partial charge on any atom is 0.0584 e. The van der Waals surface area contributed by atoms with Crippen molar-refractivity contribution in [1.82, 2.24) is 5.32 Å². The Morgan fingerprint density at radius 3 is 2.60 bits per heavy atom. The number of anilines is 1. The summed E-state index contributed by atoms with van der Waals surface area (Å²) >= 11 is 0. The van der Waals surface area contributed by atoms with Crippen LogP contribution in [-0.4, -0.2) is 19.6 Å². The van der Waals surface area contributed by atoms with Gasteiger partial charge in [0.25, 0.3) is 0 Å². The summed E-state index contributed by atoms with van der Waals surface area (Å²) < 4.78 is 0. The fourth-order valence-corrected chi connectivity index (χ4v) is 3.03. The standard InChI is InChI=1S/C18H22N2/c1-15-7-6-10-17(13-15)20-12-11-19-18(2,14-20)16-8-4-3-5-9-16/h3-10,13,19H,11-12,14H2,1-2H3. The maximum absolute atomic E-state index is 3.68. The summed E-state index contributed by atoms with van der Waals surface area (Å²) in [6.45, 7) is 7.53. The Morgan fingerprint density at radius 2 is 1.85 bits per heavy atom. The molecule has 0 aromatic heterocycles. The van der Waals surface area contributed by atoms with Gasteiger partial charge in [-0.15, -0.1) is 0 Å². The van der Waals surface area contributed by atoms with Gasteiger partial charge in [-0.2, -0.15) is 0 Å². The van der Waals surface area contributed by atoms with E-state index in [0.29, 0.717) is 0 Å². The molecule has 1 unspecified atom stereocenters. The molecule has 1 saturated heterocycles. The Morgan fingerprint density at radius 1 is 1.05 bits per heavy atom. The summed E-state index contributed by atoms with van der Waals surface area (Å²) in [4.78, 5) is 2.48. The molecule has 2 nitrogen and oxygen atoms in total. The second kappa shape index (κ2) is 5.29. The van der Waals surface area contributed by atoms with E-state index in [1.807, 2.05) is 0 Å². The number of hydrogen-bond acceptors (Lipinski definition) is 2. The Labute approximate surface area is 121 Å². The highest BCUT2D eigenvalue weighted by molar-refractivity contribution is 5.50. The average molecular weight is 266 g/mol. The predicted octanol–water partition coefficient (Wildman–Crippen LogP) is 3.32. The Bertz CT molecular complexity index is 579. The molecule has 2 aromatic carbocycles. The molecular formula is C18H22N2. The second-order valence-corrected chi connectivity index (χ2v) is 5.89. The first-order valence-corrected chi connectivity index (χ1v) is 7.30. The van der Waals surface area contributed by atoms with Gasteiger partial charge in [0.2, 0.25) is 0 Å². The molecule has 0 aliphatic carbocycles. The van der Waals surface area contributed by atoms with Crippen LogP contribution in [0.1, 0.15) is 18.1 Å². The molecule has 0 bridgehead atoms. The molecule has 0 spiro atoms. The zero-order valence-electron chi connectivity index (χ0n) is 12.3. The van der Waals surface area contributed by atoms with E-state index >= 15 is 0 Å². The van der Waals surface area contributed by atoms with Crippen LogP contribution in [-0.2, 0) is 5.54 Å². The zero-order valence-corrected chi connectivity index (χ0v) is 12.3. The molecule has 2 heteroatoms. The van der Waals surface area contributed by atoms with Crippen LogP contribution in [0.4, 0.5) is 5.69 Å². The first-order valence-electron chi connectivity index (χ1n) is 7.30. The topological polar surface area (TPSA) is 15.3 Å². The lowest BCUT2D eigenvalue weighted by molar-refractivity contribution is 0.332. The van der Waals surface area contributed by atoms with Crippen LogP contribution in [0.3, 0.4) is 0 Å². The molecule has 1 heterocycles. The molecular weight excluding hydrogens is 244 g/mol. The van der Waals surface area contributed by atoms with Gasteiger partial charge in [-0.25, -0.2) is 0 Å². The van der Waals surface area contributed by atoms with Crippen molar-refractivity contribution in [2.75, 3.05) is 24.5 Å². The average Bonchev–Trinajstić information content (AvgIpc) is 2.48. The van der Waals surface area contributed by atoms with Gasteiger partial charge in [0, 0.05) is 25.3 Å². The van der Waals surface area contributed by atoms with Crippen molar-refractivity contribution in [1.29, 1.82) is 0 Å². The zero-order chi connectivity index (χ0) is 14.0. The second-order valence-electron chi connectivity index (χ2n) is 5.89. The molecule has 3 rings (SSSR count). The van der Waals surface area contributed by atoms with Gasteiger partial charge in [0.05, 0.1) is 5.54 Å². The Balaban J connectivity index is 1.87.